The first-order chi connectivity index (χ1) is 9.12. The number of nitrogens with zero attached hydrogens (tertiary/aromatic N) is 2. The fraction of sp³-hybridized carbons (Fsp3) is 0.286. The van der Waals surface area contributed by atoms with E-state index in [2.05, 4.69) is 32.8 Å². The molecule has 0 atom stereocenters. The Morgan fingerprint density at radius 1 is 1.26 bits per heavy atom. The monoisotopic (exact) mass is 321 g/mol. The van der Waals surface area contributed by atoms with E-state index in [4.69, 9.17) is 10.5 Å². The molecule has 100 valence electrons. The fourth-order valence-electron chi connectivity index (χ4n) is 1.75. The van der Waals surface area contributed by atoms with Gasteiger partial charge >= 0.3 is 0 Å². The zero-order chi connectivity index (χ0) is 13.8. The van der Waals surface area contributed by atoms with Crippen molar-refractivity contribution in [1.82, 2.24) is 9.97 Å². The molecule has 0 bridgehead atoms. The SMILES string of the molecule is CCc1cc(Oc2ccc(Br)cc2CN)nc(C)n1. The van der Waals surface area contributed by atoms with Gasteiger partial charge in [0.25, 0.3) is 0 Å². The zero-order valence-corrected chi connectivity index (χ0v) is 12.6. The van der Waals surface area contributed by atoms with Crippen LogP contribution in [0.3, 0.4) is 0 Å². The van der Waals surface area contributed by atoms with Crippen molar-refractivity contribution in [2.75, 3.05) is 0 Å². The molecule has 1 heterocycles. The Labute approximate surface area is 121 Å². The Morgan fingerprint density at radius 2 is 2.05 bits per heavy atom. The Morgan fingerprint density at radius 3 is 2.74 bits per heavy atom. The van der Waals surface area contributed by atoms with Crippen LogP contribution in [0.1, 0.15) is 24.0 Å². The summed E-state index contributed by atoms with van der Waals surface area (Å²) in [6.45, 7) is 4.33. The van der Waals surface area contributed by atoms with Crippen molar-refractivity contribution in [3.8, 4) is 11.6 Å². The van der Waals surface area contributed by atoms with Crippen molar-refractivity contribution < 1.29 is 4.74 Å². The number of ether oxygens (including phenoxy) is 1. The molecule has 0 aliphatic rings. The van der Waals surface area contributed by atoms with Crippen LogP contribution < -0.4 is 10.5 Å². The van der Waals surface area contributed by atoms with Crippen LogP contribution in [0.2, 0.25) is 0 Å². The van der Waals surface area contributed by atoms with Gasteiger partial charge in [-0.3, -0.25) is 0 Å². The van der Waals surface area contributed by atoms with Gasteiger partial charge in [0, 0.05) is 28.3 Å². The number of rotatable bonds is 4. The van der Waals surface area contributed by atoms with Gasteiger partial charge in [0.2, 0.25) is 5.88 Å². The van der Waals surface area contributed by atoms with E-state index < -0.39 is 0 Å². The van der Waals surface area contributed by atoms with E-state index in [9.17, 15) is 0 Å². The third-order valence-electron chi connectivity index (χ3n) is 2.69. The molecule has 0 fully saturated rings. The second kappa shape index (κ2) is 6.12. The molecule has 1 aromatic carbocycles. The van der Waals surface area contributed by atoms with Crippen LogP contribution >= 0.6 is 15.9 Å². The fourth-order valence-corrected chi connectivity index (χ4v) is 2.16. The average molecular weight is 322 g/mol. The van der Waals surface area contributed by atoms with Gasteiger partial charge in [-0.25, -0.2) is 4.98 Å². The number of aryl methyl sites for hydroxylation is 2. The minimum atomic E-state index is 0.416. The first kappa shape index (κ1) is 14.0. The third kappa shape index (κ3) is 3.52. The Hall–Kier alpha value is -1.46. The Bertz CT molecular complexity index is 587. The summed E-state index contributed by atoms with van der Waals surface area (Å²) in [5, 5.41) is 0. The minimum Gasteiger partial charge on any atom is -0.439 e. The quantitative estimate of drug-likeness (QED) is 0.937. The van der Waals surface area contributed by atoms with Gasteiger partial charge in [-0.1, -0.05) is 22.9 Å². The van der Waals surface area contributed by atoms with E-state index in [0.29, 0.717) is 18.2 Å². The summed E-state index contributed by atoms with van der Waals surface area (Å²) in [5.74, 6) is 1.99. The molecule has 2 aromatic rings. The topological polar surface area (TPSA) is 61.0 Å². The zero-order valence-electron chi connectivity index (χ0n) is 11.0. The summed E-state index contributed by atoms with van der Waals surface area (Å²) in [6.07, 6.45) is 0.851. The lowest BCUT2D eigenvalue weighted by Gasteiger charge is -2.10. The van der Waals surface area contributed by atoms with Crippen molar-refractivity contribution in [3.63, 3.8) is 0 Å². The van der Waals surface area contributed by atoms with Gasteiger partial charge in [-0.05, 0) is 31.5 Å². The number of aromatic nitrogens is 2. The number of halogens is 1. The standard InChI is InChI=1S/C14H16BrN3O/c1-3-12-7-14(18-9(2)17-12)19-13-5-4-11(15)6-10(13)8-16/h4-7H,3,8,16H2,1-2H3. The van der Waals surface area contributed by atoms with Crippen molar-refractivity contribution in [2.45, 2.75) is 26.8 Å². The average Bonchev–Trinajstić information content (AvgIpc) is 2.40. The molecule has 2 N–H and O–H groups in total. The van der Waals surface area contributed by atoms with Crippen molar-refractivity contribution >= 4 is 15.9 Å². The van der Waals surface area contributed by atoms with Crippen molar-refractivity contribution in [3.05, 3.63) is 45.8 Å². The summed E-state index contributed by atoms with van der Waals surface area (Å²) < 4.78 is 6.81. The number of hydrogen-bond acceptors (Lipinski definition) is 4. The summed E-state index contributed by atoms with van der Waals surface area (Å²) in [4.78, 5) is 8.62. The molecule has 0 radical (unpaired) electrons. The molecule has 0 amide bonds. The largest absolute Gasteiger partial charge is 0.439 e. The predicted molar refractivity (Wildman–Crippen MR) is 78.3 cm³/mol. The first-order valence-corrected chi connectivity index (χ1v) is 6.92. The van der Waals surface area contributed by atoms with E-state index >= 15 is 0 Å². The van der Waals surface area contributed by atoms with E-state index in [1.54, 1.807) is 0 Å². The van der Waals surface area contributed by atoms with Gasteiger partial charge in [0.1, 0.15) is 11.6 Å². The van der Waals surface area contributed by atoms with Crippen LogP contribution in [-0.4, -0.2) is 9.97 Å². The van der Waals surface area contributed by atoms with Crippen LogP contribution in [0.5, 0.6) is 11.6 Å². The smallest absolute Gasteiger partial charge is 0.222 e. The van der Waals surface area contributed by atoms with Crippen LogP contribution in [0, 0.1) is 6.92 Å². The Balaban J connectivity index is 2.33. The molecule has 2 rings (SSSR count). The van der Waals surface area contributed by atoms with E-state index in [-0.39, 0.29) is 0 Å². The van der Waals surface area contributed by atoms with Crippen LogP contribution in [0.25, 0.3) is 0 Å². The van der Waals surface area contributed by atoms with Crippen LogP contribution in [0.15, 0.2) is 28.7 Å². The second-order valence-corrected chi connectivity index (χ2v) is 5.07. The lowest BCUT2D eigenvalue weighted by Crippen LogP contribution is -2.02. The molecular weight excluding hydrogens is 306 g/mol. The first-order valence-electron chi connectivity index (χ1n) is 6.13. The molecule has 4 nitrogen and oxygen atoms in total. The highest BCUT2D eigenvalue weighted by Gasteiger charge is 2.07. The van der Waals surface area contributed by atoms with Crippen molar-refractivity contribution in [2.24, 2.45) is 5.73 Å². The van der Waals surface area contributed by atoms with Gasteiger partial charge in [0.15, 0.2) is 0 Å². The van der Waals surface area contributed by atoms with Gasteiger partial charge in [-0.15, -0.1) is 0 Å². The molecule has 0 spiro atoms. The number of benzene rings is 1. The molecular formula is C14H16BrN3O. The van der Waals surface area contributed by atoms with Gasteiger partial charge in [-0.2, -0.15) is 4.98 Å². The third-order valence-corrected chi connectivity index (χ3v) is 3.18. The highest BCUT2D eigenvalue weighted by atomic mass is 79.9. The van der Waals surface area contributed by atoms with E-state index in [1.807, 2.05) is 31.2 Å². The number of nitrogens with two attached hydrogens (primary N) is 1. The van der Waals surface area contributed by atoms with Crippen LogP contribution in [0.4, 0.5) is 0 Å². The van der Waals surface area contributed by atoms with Crippen molar-refractivity contribution in [1.29, 1.82) is 0 Å². The summed E-state index contributed by atoms with van der Waals surface area (Å²) in [6, 6.07) is 7.61. The highest BCUT2D eigenvalue weighted by molar-refractivity contribution is 9.10. The molecule has 0 saturated carbocycles. The maximum absolute atomic E-state index is 5.83. The molecule has 5 heteroatoms. The highest BCUT2D eigenvalue weighted by Crippen LogP contribution is 2.27. The van der Waals surface area contributed by atoms with Crippen LogP contribution in [-0.2, 0) is 13.0 Å². The second-order valence-electron chi connectivity index (χ2n) is 4.16. The molecule has 0 saturated heterocycles. The van der Waals surface area contributed by atoms with E-state index in [1.165, 1.54) is 0 Å². The maximum atomic E-state index is 5.83. The van der Waals surface area contributed by atoms with Gasteiger partial charge in [0.05, 0.1) is 0 Å². The Kier molecular flexibility index (Phi) is 4.50. The normalized spacial score (nSPS) is 10.5. The summed E-state index contributed by atoms with van der Waals surface area (Å²) in [7, 11) is 0. The molecule has 0 unspecified atom stereocenters. The molecule has 1 aromatic heterocycles. The summed E-state index contributed by atoms with van der Waals surface area (Å²) >= 11 is 3.42. The lowest BCUT2D eigenvalue weighted by molar-refractivity contribution is 0.453. The molecule has 0 aliphatic heterocycles. The lowest BCUT2D eigenvalue weighted by atomic mass is 10.2. The molecule has 19 heavy (non-hydrogen) atoms. The predicted octanol–water partition coefficient (Wildman–Crippen LogP) is 3.36. The van der Waals surface area contributed by atoms with Gasteiger partial charge < -0.3 is 10.5 Å². The summed E-state index contributed by atoms with van der Waals surface area (Å²) in [5.41, 5.74) is 7.63. The van der Waals surface area contributed by atoms with E-state index in [0.717, 1.165) is 27.9 Å². The minimum absolute atomic E-state index is 0.416. The maximum Gasteiger partial charge on any atom is 0.222 e. The number of hydrogen-bond donors (Lipinski definition) is 1. The molecule has 0 aliphatic carbocycles.